The molecule has 0 aromatic heterocycles. The molecule has 3 rings (SSSR count). The van der Waals surface area contributed by atoms with Gasteiger partial charge in [-0.3, -0.25) is 4.79 Å². The minimum Gasteiger partial charge on any atom is -0.338 e. The molecule has 0 unspecified atom stereocenters. The second-order valence-electron chi connectivity index (χ2n) is 5.37. The predicted molar refractivity (Wildman–Crippen MR) is 81.9 cm³/mol. The molecule has 1 N–H and O–H groups in total. The highest BCUT2D eigenvalue weighted by Crippen LogP contribution is 2.29. The standard InChI is InChI=1S/C14H17BrN2O.ClH/c1-9-2-3-12(13(15)4-9)14(18)17-7-10-5-16-6-11(10)8-17;/h2-4,10-11,16H,5-8H2,1H3;1H/t10-,11+;. The van der Waals surface area contributed by atoms with Gasteiger partial charge < -0.3 is 10.2 Å². The van der Waals surface area contributed by atoms with Crippen molar-refractivity contribution in [2.24, 2.45) is 11.8 Å². The molecule has 1 aromatic carbocycles. The minimum absolute atomic E-state index is 0. The van der Waals surface area contributed by atoms with E-state index in [9.17, 15) is 4.79 Å². The quantitative estimate of drug-likeness (QED) is 0.848. The Labute approximate surface area is 128 Å². The van der Waals surface area contributed by atoms with Gasteiger partial charge >= 0.3 is 0 Å². The van der Waals surface area contributed by atoms with Crippen LogP contribution < -0.4 is 5.32 Å². The van der Waals surface area contributed by atoms with Crippen LogP contribution in [0, 0.1) is 18.8 Å². The summed E-state index contributed by atoms with van der Waals surface area (Å²) in [5.41, 5.74) is 1.95. The molecule has 0 radical (unpaired) electrons. The Kier molecular flexibility index (Phi) is 4.54. The van der Waals surface area contributed by atoms with Gasteiger partial charge in [0.05, 0.1) is 5.56 Å². The Balaban J connectivity index is 0.00000133. The van der Waals surface area contributed by atoms with Gasteiger partial charge in [-0.2, -0.15) is 0 Å². The first-order valence-corrected chi connectivity index (χ1v) is 7.20. The first-order valence-electron chi connectivity index (χ1n) is 6.41. The van der Waals surface area contributed by atoms with Crippen LogP contribution in [0.2, 0.25) is 0 Å². The van der Waals surface area contributed by atoms with Crippen molar-refractivity contribution < 1.29 is 4.79 Å². The molecule has 2 aliphatic rings. The fraction of sp³-hybridized carbons (Fsp3) is 0.500. The predicted octanol–water partition coefficient (Wildman–Crippen LogP) is 2.47. The summed E-state index contributed by atoms with van der Waals surface area (Å²) in [6.07, 6.45) is 0. The Morgan fingerprint density at radius 3 is 2.53 bits per heavy atom. The molecule has 0 aliphatic carbocycles. The number of aryl methyl sites for hydroxylation is 1. The van der Waals surface area contributed by atoms with Crippen molar-refractivity contribution in [2.45, 2.75) is 6.92 Å². The molecule has 2 heterocycles. The second kappa shape index (κ2) is 5.81. The van der Waals surface area contributed by atoms with Crippen molar-refractivity contribution in [1.29, 1.82) is 0 Å². The molecule has 19 heavy (non-hydrogen) atoms. The van der Waals surface area contributed by atoms with E-state index < -0.39 is 0 Å². The highest BCUT2D eigenvalue weighted by atomic mass is 79.9. The summed E-state index contributed by atoms with van der Waals surface area (Å²) in [6, 6.07) is 5.93. The van der Waals surface area contributed by atoms with Crippen molar-refractivity contribution in [1.82, 2.24) is 10.2 Å². The summed E-state index contributed by atoms with van der Waals surface area (Å²) in [7, 11) is 0. The van der Waals surface area contributed by atoms with E-state index >= 15 is 0 Å². The van der Waals surface area contributed by atoms with Crippen LogP contribution in [-0.2, 0) is 0 Å². The number of fused-ring (bicyclic) bond motifs is 1. The molecule has 1 amide bonds. The SMILES string of the molecule is Cc1ccc(C(=O)N2C[C@H]3CNC[C@H]3C2)c(Br)c1.Cl. The molecule has 2 fully saturated rings. The molecule has 0 bridgehead atoms. The Morgan fingerprint density at radius 2 is 1.95 bits per heavy atom. The maximum atomic E-state index is 12.5. The zero-order chi connectivity index (χ0) is 12.7. The number of carbonyl (C=O) groups excluding carboxylic acids is 1. The third kappa shape index (κ3) is 2.81. The van der Waals surface area contributed by atoms with Crippen LogP contribution in [0.15, 0.2) is 22.7 Å². The van der Waals surface area contributed by atoms with Gasteiger partial charge in [-0.15, -0.1) is 12.4 Å². The zero-order valence-electron chi connectivity index (χ0n) is 10.9. The van der Waals surface area contributed by atoms with Gasteiger partial charge in [0.1, 0.15) is 0 Å². The lowest BCUT2D eigenvalue weighted by Gasteiger charge is -2.18. The van der Waals surface area contributed by atoms with Crippen LogP contribution in [0.4, 0.5) is 0 Å². The van der Waals surface area contributed by atoms with Gasteiger partial charge in [0.15, 0.2) is 0 Å². The van der Waals surface area contributed by atoms with Crippen molar-refractivity contribution >= 4 is 34.2 Å². The van der Waals surface area contributed by atoms with E-state index in [0.29, 0.717) is 11.8 Å². The van der Waals surface area contributed by atoms with E-state index in [1.165, 1.54) is 5.56 Å². The van der Waals surface area contributed by atoms with Crippen LogP contribution in [0.1, 0.15) is 15.9 Å². The molecule has 5 heteroatoms. The molecular weight excluding hydrogens is 328 g/mol. The van der Waals surface area contributed by atoms with Gasteiger partial charge in [-0.1, -0.05) is 6.07 Å². The normalized spacial score (nSPS) is 25.1. The molecule has 104 valence electrons. The lowest BCUT2D eigenvalue weighted by atomic mass is 10.0. The molecule has 2 saturated heterocycles. The second-order valence-corrected chi connectivity index (χ2v) is 6.23. The Hall–Kier alpha value is -0.580. The van der Waals surface area contributed by atoms with E-state index in [4.69, 9.17) is 0 Å². The number of likely N-dealkylation sites (tertiary alicyclic amines) is 1. The number of halogens is 2. The minimum atomic E-state index is 0. The van der Waals surface area contributed by atoms with Crippen LogP contribution in [-0.4, -0.2) is 37.0 Å². The summed E-state index contributed by atoms with van der Waals surface area (Å²) in [5, 5.41) is 3.40. The number of benzene rings is 1. The lowest BCUT2D eigenvalue weighted by molar-refractivity contribution is 0.0781. The van der Waals surface area contributed by atoms with Crippen molar-refractivity contribution in [2.75, 3.05) is 26.2 Å². The fourth-order valence-electron chi connectivity index (χ4n) is 2.99. The van der Waals surface area contributed by atoms with Crippen LogP contribution in [0.3, 0.4) is 0 Å². The number of nitrogens with zero attached hydrogens (tertiary/aromatic N) is 1. The van der Waals surface area contributed by atoms with Crippen LogP contribution >= 0.6 is 28.3 Å². The molecule has 0 spiro atoms. The summed E-state index contributed by atoms with van der Waals surface area (Å²) < 4.78 is 0.905. The van der Waals surface area contributed by atoms with E-state index in [2.05, 4.69) is 21.2 Å². The number of hydrogen-bond donors (Lipinski definition) is 1. The number of nitrogens with one attached hydrogen (secondary N) is 1. The molecule has 2 atom stereocenters. The van der Waals surface area contributed by atoms with Crippen LogP contribution in [0.5, 0.6) is 0 Å². The van der Waals surface area contributed by atoms with E-state index in [1.54, 1.807) is 0 Å². The highest BCUT2D eigenvalue weighted by Gasteiger charge is 2.38. The lowest BCUT2D eigenvalue weighted by Crippen LogP contribution is -2.32. The number of carbonyl (C=O) groups is 1. The smallest absolute Gasteiger partial charge is 0.255 e. The summed E-state index contributed by atoms with van der Waals surface area (Å²) in [5.74, 6) is 1.47. The molecule has 0 saturated carbocycles. The summed E-state index contributed by atoms with van der Waals surface area (Å²) in [6.45, 7) is 5.95. The Bertz CT molecular complexity index is 482. The average Bonchev–Trinajstić information content (AvgIpc) is 2.87. The number of rotatable bonds is 1. The van der Waals surface area contributed by atoms with Crippen LogP contribution in [0.25, 0.3) is 0 Å². The number of hydrogen-bond acceptors (Lipinski definition) is 2. The van der Waals surface area contributed by atoms with Crippen molar-refractivity contribution in [3.8, 4) is 0 Å². The highest BCUT2D eigenvalue weighted by molar-refractivity contribution is 9.10. The Morgan fingerprint density at radius 1 is 1.32 bits per heavy atom. The topological polar surface area (TPSA) is 32.3 Å². The largest absolute Gasteiger partial charge is 0.338 e. The van der Waals surface area contributed by atoms with Gasteiger partial charge in [0.25, 0.3) is 5.91 Å². The monoisotopic (exact) mass is 344 g/mol. The zero-order valence-corrected chi connectivity index (χ0v) is 13.3. The number of amides is 1. The van der Waals surface area contributed by atoms with Gasteiger partial charge in [0.2, 0.25) is 0 Å². The maximum absolute atomic E-state index is 12.5. The molecule has 1 aromatic rings. The first-order chi connectivity index (χ1) is 8.65. The van der Waals surface area contributed by atoms with E-state index in [0.717, 1.165) is 36.2 Å². The molecular formula is C14H18BrClN2O. The summed E-state index contributed by atoms with van der Waals surface area (Å²) in [4.78, 5) is 14.5. The third-order valence-electron chi connectivity index (χ3n) is 4.03. The fourth-order valence-corrected chi connectivity index (χ4v) is 3.65. The van der Waals surface area contributed by atoms with Gasteiger partial charge in [-0.05, 0) is 52.4 Å². The van der Waals surface area contributed by atoms with Crippen molar-refractivity contribution in [3.05, 3.63) is 33.8 Å². The summed E-state index contributed by atoms with van der Waals surface area (Å²) >= 11 is 3.50. The average molecular weight is 346 g/mol. The molecule has 2 aliphatic heterocycles. The third-order valence-corrected chi connectivity index (χ3v) is 4.69. The molecule has 3 nitrogen and oxygen atoms in total. The van der Waals surface area contributed by atoms with E-state index in [1.807, 2.05) is 30.0 Å². The van der Waals surface area contributed by atoms with Gasteiger partial charge in [-0.25, -0.2) is 0 Å². The van der Waals surface area contributed by atoms with Crippen molar-refractivity contribution in [3.63, 3.8) is 0 Å². The first kappa shape index (κ1) is 14.8. The van der Waals surface area contributed by atoms with Gasteiger partial charge in [0, 0.05) is 30.7 Å². The van der Waals surface area contributed by atoms with E-state index in [-0.39, 0.29) is 18.3 Å². The maximum Gasteiger partial charge on any atom is 0.255 e.